The molecule has 1 amide bonds. The summed E-state index contributed by atoms with van der Waals surface area (Å²) in [6.45, 7) is 5.00. The van der Waals surface area contributed by atoms with Crippen molar-refractivity contribution in [1.82, 2.24) is 9.47 Å². The Labute approximate surface area is 147 Å². The summed E-state index contributed by atoms with van der Waals surface area (Å²) in [5.74, 6) is -0.944. The Kier molecular flexibility index (Phi) is 6.17. The van der Waals surface area contributed by atoms with Crippen LogP contribution in [0.1, 0.15) is 39.5 Å². The van der Waals surface area contributed by atoms with Crippen LogP contribution in [0, 0.1) is 5.41 Å². The second-order valence-electron chi connectivity index (χ2n) is 6.97. The van der Waals surface area contributed by atoms with Gasteiger partial charge < -0.3 is 14.6 Å². The summed E-state index contributed by atoms with van der Waals surface area (Å²) in [5, 5.41) is 9.73. The molecule has 1 aromatic rings. The van der Waals surface area contributed by atoms with E-state index in [1.807, 2.05) is 19.9 Å². The van der Waals surface area contributed by atoms with Gasteiger partial charge in [-0.3, -0.25) is 14.4 Å². The van der Waals surface area contributed by atoms with Crippen molar-refractivity contribution >= 4 is 11.9 Å². The van der Waals surface area contributed by atoms with Gasteiger partial charge in [-0.1, -0.05) is 17.7 Å². The number of aryl methyl sites for hydroxylation is 1. The maximum absolute atomic E-state index is 12.5. The summed E-state index contributed by atoms with van der Waals surface area (Å²) in [6, 6.07) is 4.87. The lowest BCUT2D eigenvalue weighted by atomic mass is 9.76. The van der Waals surface area contributed by atoms with Gasteiger partial charge in [-0.15, -0.1) is 0 Å². The topological polar surface area (TPSA) is 79.6 Å². The molecule has 1 saturated heterocycles. The van der Waals surface area contributed by atoms with Crippen LogP contribution in [0.4, 0.5) is 0 Å². The van der Waals surface area contributed by atoms with Crippen LogP contribution >= 0.6 is 0 Å². The van der Waals surface area contributed by atoms with Gasteiger partial charge in [0.15, 0.2) is 0 Å². The molecule has 136 valence electrons. The molecular weight excluding hydrogens is 320 g/mol. The summed E-state index contributed by atoms with van der Waals surface area (Å²) in [6.07, 6.45) is 5.48. The van der Waals surface area contributed by atoms with E-state index in [1.165, 1.54) is 10.6 Å². The Bertz CT molecular complexity index is 718. The van der Waals surface area contributed by atoms with E-state index in [0.717, 1.165) is 5.57 Å². The van der Waals surface area contributed by atoms with Gasteiger partial charge in [0.05, 0.1) is 5.41 Å². The molecule has 0 radical (unpaired) electrons. The molecule has 1 N–H and O–H groups in total. The van der Waals surface area contributed by atoms with E-state index in [9.17, 15) is 19.5 Å². The molecular formula is C19H26N2O4. The Morgan fingerprint density at radius 2 is 2.08 bits per heavy atom. The first-order valence-corrected chi connectivity index (χ1v) is 8.64. The van der Waals surface area contributed by atoms with E-state index >= 15 is 0 Å². The summed E-state index contributed by atoms with van der Waals surface area (Å²) >= 11 is 0. The number of aromatic nitrogens is 1. The van der Waals surface area contributed by atoms with Gasteiger partial charge in [0, 0.05) is 38.3 Å². The van der Waals surface area contributed by atoms with Crippen molar-refractivity contribution in [3.05, 3.63) is 46.4 Å². The Balaban J connectivity index is 2.04. The largest absolute Gasteiger partial charge is 0.481 e. The molecule has 1 atom stereocenters. The zero-order valence-corrected chi connectivity index (χ0v) is 14.9. The number of pyridine rings is 1. The van der Waals surface area contributed by atoms with Gasteiger partial charge in [-0.05, 0) is 39.2 Å². The molecule has 0 spiro atoms. The fourth-order valence-corrected chi connectivity index (χ4v) is 3.19. The number of rotatable bonds is 6. The van der Waals surface area contributed by atoms with Gasteiger partial charge in [-0.25, -0.2) is 0 Å². The van der Waals surface area contributed by atoms with Crippen LogP contribution in [0.25, 0.3) is 0 Å². The van der Waals surface area contributed by atoms with Gasteiger partial charge >= 0.3 is 5.97 Å². The van der Waals surface area contributed by atoms with E-state index in [-0.39, 0.29) is 24.4 Å². The maximum Gasteiger partial charge on any atom is 0.311 e. The molecule has 0 saturated carbocycles. The molecule has 2 rings (SSSR count). The third kappa shape index (κ3) is 4.81. The maximum atomic E-state index is 12.5. The fourth-order valence-electron chi connectivity index (χ4n) is 3.19. The number of carbonyl (C=O) groups is 2. The summed E-state index contributed by atoms with van der Waals surface area (Å²) in [7, 11) is 0. The highest BCUT2D eigenvalue weighted by molar-refractivity contribution is 5.80. The van der Waals surface area contributed by atoms with Crippen molar-refractivity contribution in [3.8, 4) is 0 Å². The minimum absolute atomic E-state index is 0.0988. The zero-order chi connectivity index (χ0) is 18.4. The number of likely N-dealkylation sites (tertiary alicyclic amines) is 1. The highest BCUT2D eigenvalue weighted by Crippen LogP contribution is 2.35. The molecule has 0 aliphatic carbocycles. The smallest absolute Gasteiger partial charge is 0.311 e. The lowest BCUT2D eigenvalue weighted by molar-refractivity contribution is -0.154. The quantitative estimate of drug-likeness (QED) is 0.802. The van der Waals surface area contributed by atoms with E-state index in [0.29, 0.717) is 32.4 Å². The SMILES string of the molecule is CC(C)=CC[C@@]1(C(=O)O)CCCN(C(=O)CCn2ccccc2=O)C1. The van der Waals surface area contributed by atoms with Gasteiger partial charge in [-0.2, -0.15) is 0 Å². The second kappa shape index (κ2) is 8.14. The lowest BCUT2D eigenvalue weighted by Gasteiger charge is -2.39. The summed E-state index contributed by atoms with van der Waals surface area (Å²) in [5.41, 5.74) is 0.0271. The van der Waals surface area contributed by atoms with E-state index in [2.05, 4.69) is 0 Å². The van der Waals surface area contributed by atoms with Crippen molar-refractivity contribution in [2.75, 3.05) is 13.1 Å². The molecule has 0 bridgehead atoms. The summed E-state index contributed by atoms with van der Waals surface area (Å²) < 4.78 is 1.50. The number of hydrogen-bond acceptors (Lipinski definition) is 3. The predicted octanol–water partition coefficient (Wildman–Crippen LogP) is 2.29. The summed E-state index contributed by atoms with van der Waals surface area (Å²) in [4.78, 5) is 37.7. The van der Waals surface area contributed by atoms with Crippen LogP contribution in [-0.4, -0.2) is 39.5 Å². The molecule has 1 fully saturated rings. The average molecular weight is 346 g/mol. The Hall–Kier alpha value is -2.37. The molecule has 0 aromatic carbocycles. The number of amides is 1. The molecule has 1 aliphatic heterocycles. The highest BCUT2D eigenvalue weighted by atomic mass is 16.4. The monoisotopic (exact) mass is 346 g/mol. The van der Waals surface area contributed by atoms with Gasteiger partial charge in [0.25, 0.3) is 5.56 Å². The molecule has 25 heavy (non-hydrogen) atoms. The molecule has 1 aliphatic rings. The molecule has 6 nitrogen and oxygen atoms in total. The average Bonchev–Trinajstić information content (AvgIpc) is 2.59. The predicted molar refractivity (Wildman–Crippen MR) is 95.2 cm³/mol. The van der Waals surface area contributed by atoms with Crippen molar-refractivity contribution in [2.24, 2.45) is 5.41 Å². The zero-order valence-electron chi connectivity index (χ0n) is 14.9. The first kappa shape index (κ1) is 19.0. The number of carboxylic acids is 1. The van der Waals surface area contributed by atoms with Crippen LogP contribution in [0.2, 0.25) is 0 Å². The minimum Gasteiger partial charge on any atom is -0.481 e. The number of carbonyl (C=O) groups excluding carboxylic acids is 1. The van der Waals surface area contributed by atoms with Crippen molar-refractivity contribution < 1.29 is 14.7 Å². The molecule has 1 aromatic heterocycles. The van der Waals surface area contributed by atoms with Crippen molar-refractivity contribution in [1.29, 1.82) is 0 Å². The Morgan fingerprint density at radius 1 is 1.32 bits per heavy atom. The normalized spacial score (nSPS) is 20.2. The molecule has 2 heterocycles. The number of aliphatic carboxylic acids is 1. The van der Waals surface area contributed by atoms with E-state index in [4.69, 9.17) is 0 Å². The molecule has 6 heteroatoms. The van der Waals surface area contributed by atoms with Crippen molar-refractivity contribution in [3.63, 3.8) is 0 Å². The van der Waals surface area contributed by atoms with Gasteiger partial charge in [0.1, 0.15) is 0 Å². The van der Waals surface area contributed by atoms with E-state index < -0.39 is 11.4 Å². The van der Waals surface area contributed by atoms with Gasteiger partial charge in [0.2, 0.25) is 5.91 Å². The third-order valence-corrected chi connectivity index (χ3v) is 4.75. The minimum atomic E-state index is -0.908. The fraction of sp³-hybridized carbons (Fsp3) is 0.526. The van der Waals surface area contributed by atoms with E-state index in [1.54, 1.807) is 23.2 Å². The number of carboxylic acid groups (broad SMARTS) is 1. The van der Waals surface area contributed by atoms with Crippen LogP contribution in [-0.2, 0) is 16.1 Å². The van der Waals surface area contributed by atoms with Crippen LogP contribution < -0.4 is 5.56 Å². The first-order chi connectivity index (χ1) is 11.8. The first-order valence-electron chi connectivity index (χ1n) is 8.64. The van der Waals surface area contributed by atoms with Crippen LogP contribution in [0.15, 0.2) is 40.8 Å². The number of piperidine rings is 1. The highest BCUT2D eigenvalue weighted by Gasteiger charge is 2.42. The molecule has 0 unspecified atom stereocenters. The number of nitrogens with zero attached hydrogens (tertiary/aromatic N) is 2. The van der Waals surface area contributed by atoms with Crippen molar-refractivity contribution in [2.45, 2.75) is 46.1 Å². The lowest BCUT2D eigenvalue weighted by Crippen LogP contribution is -2.50. The van der Waals surface area contributed by atoms with Crippen LogP contribution in [0.3, 0.4) is 0 Å². The number of hydrogen-bond donors (Lipinski definition) is 1. The number of allylic oxidation sites excluding steroid dienone is 2. The third-order valence-electron chi connectivity index (χ3n) is 4.75. The second-order valence-corrected chi connectivity index (χ2v) is 6.97. The Morgan fingerprint density at radius 3 is 2.72 bits per heavy atom. The van der Waals surface area contributed by atoms with Crippen LogP contribution in [0.5, 0.6) is 0 Å². The standard InChI is InChI=1S/C19H26N2O4/c1-15(2)7-10-19(18(24)25)9-5-12-21(14-19)17(23)8-13-20-11-4-3-6-16(20)22/h3-4,6-7,11H,5,8-10,12-14H2,1-2H3,(H,24,25)/t19-/m0/s1.